The summed E-state index contributed by atoms with van der Waals surface area (Å²) in [4.78, 5) is 12.7. The van der Waals surface area contributed by atoms with Gasteiger partial charge in [-0.2, -0.15) is 0 Å². The average Bonchev–Trinajstić information content (AvgIpc) is 1.97. The van der Waals surface area contributed by atoms with Crippen LogP contribution in [-0.4, -0.2) is 35.1 Å². The first-order chi connectivity index (χ1) is 6.09. The highest BCUT2D eigenvalue weighted by molar-refractivity contribution is 5.66. The van der Waals surface area contributed by atoms with Gasteiger partial charge in [0, 0.05) is 25.6 Å². The second-order valence-electron chi connectivity index (χ2n) is 4.19. The molecule has 0 aromatic heterocycles. The van der Waals surface area contributed by atoms with Crippen LogP contribution < -0.4 is 0 Å². The first-order valence-corrected chi connectivity index (χ1v) is 5.05. The maximum atomic E-state index is 10.3. The summed E-state index contributed by atoms with van der Waals surface area (Å²) in [6, 6.07) is 0.565. The monoisotopic (exact) mass is 185 g/mol. The zero-order chi connectivity index (χ0) is 9.84. The number of likely N-dealkylation sites (tertiary alicyclic amines) is 1. The zero-order valence-corrected chi connectivity index (χ0v) is 8.49. The number of aliphatic carboxylic acids is 1. The number of hydrogen-bond donors (Lipinski definition) is 1. The lowest BCUT2D eigenvalue weighted by Crippen LogP contribution is -2.49. The van der Waals surface area contributed by atoms with Crippen LogP contribution in [0.3, 0.4) is 0 Å². The zero-order valence-electron chi connectivity index (χ0n) is 8.49. The minimum atomic E-state index is -0.677. The van der Waals surface area contributed by atoms with Crippen molar-refractivity contribution >= 4 is 5.97 Å². The number of rotatable bonds is 5. The van der Waals surface area contributed by atoms with Crippen molar-refractivity contribution < 1.29 is 9.90 Å². The molecule has 1 aliphatic heterocycles. The van der Waals surface area contributed by atoms with E-state index in [-0.39, 0.29) is 0 Å². The normalized spacial score (nSPS) is 21.1. The molecule has 0 amide bonds. The summed E-state index contributed by atoms with van der Waals surface area (Å²) in [6.07, 6.45) is 2.13. The standard InChI is InChI=1S/C10H19NO2/c1-8-6-11(7-8)9(2)4-3-5-10(12)13/h8-9H,3-7H2,1-2H3,(H,12,13). The summed E-state index contributed by atoms with van der Waals surface area (Å²) in [5.41, 5.74) is 0. The summed E-state index contributed by atoms with van der Waals surface area (Å²) < 4.78 is 0. The van der Waals surface area contributed by atoms with Crippen molar-refractivity contribution in [2.45, 2.75) is 39.2 Å². The van der Waals surface area contributed by atoms with E-state index in [1.807, 2.05) is 0 Å². The largest absolute Gasteiger partial charge is 0.481 e. The van der Waals surface area contributed by atoms with E-state index in [2.05, 4.69) is 18.7 Å². The molecule has 0 radical (unpaired) electrons. The van der Waals surface area contributed by atoms with Gasteiger partial charge < -0.3 is 10.0 Å². The van der Waals surface area contributed by atoms with Crippen molar-refractivity contribution in [1.29, 1.82) is 0 Å². The molecule has 13 heavy (non-hydrogen) atoms. The molecule has 1 fully saturated rings. The highest BCUT2D eigenvalue weighted by Crippen LogP contribution is 2.20. The lowest BCUT2D eigenvalue weighted by atomic mass is 9.98. The van der Waals surface area contributed by atoms with Crippen molar-refractivity contribution in [3.63, 3.8) is 0 Å². The summed E-state index contributed by atoms with van der Waals surface area (Å²) >= 11 is 0. The van der Waals surface area contributed by atoms with Gasteiger partial charge in [0.1, 0.15) is 0 Å². The first-order valence-electron chi connectivity index (χ1n) is 5.05. The molecular formula is C10H19NO2. The van der Waals surface area contributed by atoms with Crippen molar-refractivity contribution in [3.8, 4) is 0 Å². The average molecular weight is 185 g/mol. The van der Waals surface area contributed by atoms with Crippen LogP contribution in [-0.2, 0) is 4.79 Å². The number of carboxylic acids is 1. The van der Waals surface area contributed by atoms with Gasteiger partial charge >= 0.3 is 5.97 Å². The Kier molecular flexibility index (Phi) is 3.72. The predicted molar refractivity (Wildman–Crippen MR) is 51.7 cm³/mol. The summed E-state index contributed by atoms with van der Waals surface area (Å²) in [7, 11) is 0. The fourth-order valence-corrected chi connectivity index (χ4v) is 1.84. The lowest BCUT2D eigenvalue weighted by Gasteiger charge is -2.41. The van der Waals surface area contributed by atoms with Gasteiger partial charge in [0.2, 0.25) is 0 Å². The van der Waals surface area contributed by atoms with Crippen LogP contribution in [0.15, 0.2) is 0 Å². The molecule has 3 heteroatoms. The van der Waals surface area contributed by atoms with E-state index in [1.54, 1.807) is 0 Å². The molecule has 0 aromatic carbocycles. The maximum absolute atomic E-state index is 10.3. The van der Waals surface area contributed by atoms with Crippen molar-refractivity contribution in [2.75, 3.05) is 13.1 Å². The third kappa shape index (κ3) is 3.35. The van der Waals surface area contributed by atoms with Crippen molar-refractivity contribution in [2.24, 2.45) is 5.92 Å². The van der Waals surface area contributed by atoms with Gasteiger partial charge in [0.05, 0.1) is 0 Å². The Morgan fingerprint density at radius 3 is 2.69 bits per heavy atom. The third-order valence-corrected chi connectivity index (χ3v) is 2.73. The highest BCUT2D eigenvalue weighted by atomic mass is 16.4. The molecule has 1 heterocycles. The van der Waals surface area contributed by atoms with Gasteiger partial charge in [-0.15, -0.1) is 0 Å². The van der Waals surface area contributed by atoms with Crippen molar-refractivity contribution in [1.82, 2.24) is 4.90 Å². The number of hydrogen-bond acceptors (Lipinski definition) is 2. The Morgan fingerprint density at radius 1 is 1.62 bits per heavy atom. The van der Waals surface area contributed by atoms with E-state index in [4.69, 9.17) is 5.11 Å². The van der Waals surface area contributed by atoms with Crippen molar-refractivity contribution in [3.05, 3.63) is 0 Å². The van der Waals surface area contributed by atoms with E-state index < -0.39 is 5.97 Å². The van der Waals surface area contributed by atoms with Crippen LogP contribution in [0.25, 0.3) is 0 Å². The van der Waals surface area contributed by atoms with Gasteiger partial charge in [-0.1, -0.05) is 6.92 Å². The second kappa shape index (κ2) is 4.61. The molecule has 1 unspecified atom stereocenters. The first kappa shape index (κ1) is 10.5. The minimum Gasteiger partial charge on any atom is -0.481 e. The molecule has 0 spiro atoms. The smallest absolute Gasteiger partial charge is 0.303 e. The van der Waals surface area contributed by atoms with Gasteiger partial charge in [-0.3, -0.25) is 4.79 Å². The molecule has 1 rings (SSSR count). The molecule has 0 bridgehead atoms. The fourth-order valence-electron chi connectivity index (χ4n) is 1.84. The molecule has 76 valence electrons. The van der Waals surface area contributed by atoms with Crippen LogP contribution in [0, 0.1) is 5.92 Å². The minimum absolute atomic E-state index is 0.313. The predicted octanol–water partition coefficient (Wildman–Crippen LogP) is 1.58. The van der Waals surface area contributed by atoms with E-state index >= 15 is 0 Å². The molecule has 1 atom stereocenters. The molecule has 1 aliphatic rings. The Morgan fingerprint density at radius 2 is 2.23 bits per heavy atom. The highest BCUT2D eigenvalue weighted by Gasteiger charge is 2.26. The molecule has 0 aromatic rings. The lowest BCUT2D eigenvalue weighted by molar-refractivity contribution is -0.137. The topological polar surface area (TPSA) is 40.5 Å². The van der Waals surface area contributed by atoms with Crippen LogP contribution in [0.5, 0.6) is 0 Å². The SMILES string of the molecule is CC1CN(C(C)CCCC(=O)O)C1. The molecular weight excluding hydrogens is 166 g/mol. The Balaban J connectivity index is 2.04. The third-order valence-electron chi connectivity index (χ3n) is 2.73. The van der Waals surface area contributed by atoms with E-state index in [0.29, 0.717) is 12.5 Å². The summed E-state index contributed by atoms with van der Waals surface area (Å²) in [5, 5.41) is 8.46. The van der Waals surface area contributed by atoms with Crippen LogP contribution >= 0.6 is 0 Å². The number of carbonyl (C=O) groups is 1. The van der Waals surface area contributed by atoms with E-state index in [0.717, 1.165) is 18.8 Å². The van der Waals surface area contributed by atoms with Crippen LogP contribution in [0.1, 0.15) is 33.1 Å². The van der Waals surface area contributed by atoms with Gasteiger partial charge in [0.25, 0.3) is 0 Å². The van der Waals surface area contributed by atoms with E-state index in [1.165, 1.54) is 13.1 Å². The van der Waals surface area contributed by atoms with E-state index in [9.17, 15) is 4.79 Å². The Bertz CT molecular complexity index is 176. The molecule has 3 nitrogen and oxygen atoms in total. The summed E-state index contributed by atoms with van der Waals surface area (Å²) in [5.74, 6) is 0.158. The molecule has 0 aliphatic carbocycles. The molecule has 0 saturated carbocycles. The Hall–Kier alpha value is -0.570. The Labute approximate surface area is 79.7 Å². The van der Waals surface area contributed by atoms with Crippen LogP contribution in [0.4, 0.5) is 0 Å². The molecule has 1 saturated heterocycles. The quantitative estimate of drug-likeness (QED) is 0.707. The van der Waals surface area contributed by atoms with Gasteiger partial charge in [-0.05, 0) is 25.7 Å². The fraction of sp³-hybridized carbons (Fsp3) is 0.900. The van der Waals surface area contributed by atoms with Crippen LogP contribution in [0.2, 0.25) is 0 Å². The maximum Gasteiger partial charge on any atom is 0.303 e. The second-order valence-corrected chi connectivity index (χ2v) is 4.19. The molecule has 1 N–H and O–H groups in total. The number of nitrogens with zero attached hydrogens (tertiary/aromatic N) is 1. The van der Waals surface area contributed by atoms with Gasteiger partial charge in [0.15, 0.2) is 0 Å². The van der Waals surface area contributed by atoms with Gasteiger partial charge in [-0.25, -0.2) is 0 Å². The number of carboxylic acid groups (broad SMARTS) is 1. The summed E-state index contributed by atoms with van der Waals surface area (Å²) in [6.45, 7) is 6.82.